The van der Waals surface area contributed by atoms with Crippen molar-refractivity contribution in [1.29, 1.82) is 0 Å². The Morgan fingerprint density at radius 1 is 0.943 bits per heavy atom. The summed E-state index contributed by atoms with van der Waals surface area (Å²) in [5.74, 6) is 0.0305. The lowest BCUT2D eigenvalue weighted by atomic mass is 10.0. The number of carbonyl (C=O) groups excluding carboxylic acids is 2. The lowest BCUT2D eigenvalue weighted by molar-refractivity contribution is 0.0394. The topological polar surface area (TPSA) is 94.7 Å². The molecule has 0 radical (unpaired) electrons. The zero-order valence-electron chi connectivity index (χ0n) is 19.1. The molecular weight excluding hydrogens is 491 g/mol. The van der Waals surface area contributed by atoms with Gasteiger partial charge in [0.2, 0.25) is 0 Å². The van der Waals surface area contributed by atoms with Crippen LogP contribution in [0.25, 0.3) is 11.0 Å². The SMILES string of the molecule is O=C(OCc1ccc(Cl)c(Cl)c1)N1CCN(C2CCN(C(=O)c3ccc4[nH]nnc4c3)CC2)CC1. The summed E-state index contributed by atoms with van der Waals surface area (Å²) < 4.78 is 5.46. The van der Waals surface area contributed by atoms with Gasteiger partial charge in [-0.2, -0.15) is 0 Å². The molecule has 0 saturated carbocycles. The van der Waals surface area contributed by atoms with Gasteiger partial charge in [0.15, 0.2) is 0 Å². The van der Waals surface area contributed by atoms with Crippen LogP contribution in [0.5, 0.6) is 0 Å². The lowest BCUT2D eigenvalue weighted by Crippen LogP contribution is -2.54. The Morgan fingerprint density at radius 3 is 2.46 bits per heavy atom. The number of ether oxygens (including phenoxy) is 1. The van der Waals surface area contributed by atoms with Gasteiger partial charge in [-0.25, -0.2) is 4.79 Å². The molecule has 1 aromatic heterocycles. The van der Waals surface area contributed by atoms with E-state index in [9.17, 15) is 9.59 Å². The smallest absolute Gasteiger partial charge is 0.410 e. The van der Waals surface area contributed by atoms with Crippen LogP contribution in [0.4, 0.5) is 4.79 Å². The van der Waals surface area contributed by atoms with Crippen LogP contribution in [0.1, 0.15) is 28.8 Å². The molecular formula is C24H26Cl2N6O3. The van der Waals surface area contributed by atoms with Gasteiger partial charge in [-0.15, -0.1) is 5.10 Å². The van der Waals surface area contributed by atoms with E-state index in [0.717, 1.165) is 37.0 Å². The van der Waals surface area contributed by atoms with Crippen molar-refractivity contribution < 1.29 is 14.3 Å². The monoisotopic (exact) mass is 516 g/mol. The number of H-pyrrole nitrogens is 1. The molecule has 1 N–H and O–H groups in total. The first-order valence-corrected chi connectivity index (χ1v) is 12.4. The third-order valence-corrected chi connectivity index (χ3v) is 7.50. The number of hydrogen-bond donors (Lipinski definition) is 1. The number of carbonyl (C=O) groups is 2. The highest BCUT2D eigenvalue weighted by Crippen LogP contribution is 2.24. The first kappa shape index (κ1) is 23.8. The number of amides is 2. The molecule has 2 aliphatic rings. The van der Waals surface area contributed by atoms with Crippen LogP contribution in [0.3, 0.4) is 0 Å². The maximum atomic E-state index is 12.9. The summed E-state index contributed by atoms with van der Waals surface area (Å²) >= 11 is 12.0. The highest BCUT2D eigenvalue weighted by Gasteiger charge is 2.31. The second-order valence-electron chi connectivity index (χ2n) is 8.89. The molecule has 2 aromatic carbocycles. The zero-order valence-corrected chi connectivity index (χ0v) is 20.6. The maximum Gasteiger partial charge on any atom is 0.410 e. The molecule has 0 atom stereocenters. The number of fused-ring (bicyclic) bond motifs is 1. The Kier molecular flexibility index (Phi) is 7.08. The largest absolute Gasteiger partial charge is 0.445 e. The number of nitrogens with zero attached hydrogens (tertiary/aromatic N) is 5. The normalized spacial score (nSPS) is 17.7. The van der Waals surface area contributed by atoms with Gasteiger partial charge in [-0.1, -0.05) is 34.5 Å². The molecule has 11 heteroatoms. The molecule has 2 aliphatic heterocycles. The predicted molar refractivity (Wildman–Crippen MR) is 133 cm³/mol. The van der Waals surface area contributed by atoms with Crippen molar-refractivity contribution in [1.82, 2.24) is 30.1 Å². The van der Waals surface area contributed by atoms with Gasteiger partial charge in [-0.3, -0.25) is 14.8 Å². The fraction of sp³-hybridized carbons (Fsp3) is 0.417. The second-order valence-corrected chi connectivity index (χ2v) is 9.71. The fourth-order valence-corrected chi connectivity index (χ4v) is 5.05. The number of piperidine rings is 1. The fourth-order valence-electron chi connectivity index (χ4n) is 4.73. The van der Waals surface area contributed by atoms with E-state index >= 15 is 0 Å². The standard InChI is InChI=1S/C24H26Cl2N6O3/c25-19-3-1-16(13-20(19)26)15-35-24(34)32-11-9-30(10-12-32)18-5-7-31(8-6-18)23(33)17-2-4-21-22(14-17)28-29-27-21/h1-4,13-14,18H,5-12,15H2,(H,27,28,29). The molecule has 184 valence electrons. The van der Waals surface area contributed by atoms with Crippen LogP contribution in [0.15, 0.2) is 36.4 Å². The van der Waals surface area contributed by atoms with Crippen molar-refractivity contribution in [3.63, 3.8) is 0 Å². The van der Waals surface area contributed by atoms with Gasteiger partial charge in [0.1, 0.15) is 12.1 Å². The van der Waals surface area contributed by atoms with Crippen LogP contribution in [-0.4, -0.2) is 87.4 Å². The number of rotatable bonds is 4. The number of halogens is 2. The van der Waals surface area contributed by atoms with Crippen molar-refractivity contribution in [3.8, 4) is 0 Å². The average Bonchev–Trinajstić information content (AvgIpc) is 3.37. The van der Waals surface area contributed by atoms with E-state index in [1.807, 2.05) is 17.0 Å². The minimum atomic E-state index is -0.319. The summed E-state index contributed by atoms with van der Waals surface area (Å²) in [6, 6.07) is 11.0. The Hall–Kier alpha value is -2.88. The van der Waals surface area contributed by atoms with E-state index in [1.165, 1.54) is 0 Å². The summed E-state index contributed by atoms with van der Waals surface area (Å²) in [6.07, 6.45) is 1.51. The molecule has 0 bridgehead atoms. The summed E-state index contributed by atoms with van der Waals surface area (Å²) in [5.41, 5.74) is 2.95. The first-order valence-electron chi connectivity index (χ1n) is 11.7. The Balaban J connectivity index is 1.07. The molecule has 0 spiro atoms. The minimum absolute atomic E-state index is 0.0305. The molecule has 0 aliphatic carbocycles. The van der Waals surface area contributed by atoms with Crippen LogP contribution >= 0.6 is 23.2 Å². The van der Waals surface area contributed by atoms with Crippen molar-refractivity contribution in [3.05, 3.63) is 57.6 Å². The molecule has 35 heavy (non-hydrogen) atoms. The van der Waals surface area contributed by atoms with Crippen molar-refractivity contribution in [2.24, 2.45) is 0 Å². The molecule has 0 unspecified atom stereocenters. The highest BCUT2D eigenvalue weighted by molar-refractivity contribution is 6.42. The second kappa shape index (κ2) is 10.4. The molecule has 5 rings (SSSR count). The zero-order chi connectivity index (χ0) is 24.4. The molecule has 3 heterocycles. The third-order valence-electron chi connectivity index (χ3n) is 6.76. The van der Waals surface area contributed by atoms with Crippen LogP contribution in [0, 0.1) is 0 Å². The number of piperazine rings is 1. The predicted octanol–water partition coefficient (Wildman–Crippen LogP) is 3.82. The summed E-state index contributed by atoms with van der Waals surface area (Å²) in [7, 11) is 0. The van der Waals surface area contributed by atoms with E-state index in [4.69, 9.17) is 27.9 Å². The molecule has 9 nitrogen and oxygen atoms in total. The van der Waals surface area contributed by atoms with Crippen LogP contribution in [-0.2, 0) is 11.3 Å². The molecule has 2 amide bonds. The average molecular weight is 517 g/mol. The third kappa shape index (κ3) is 5.37. The lowest BCUT2D eigenvalue weighted by Gasteiger charge is -2.42. The molecule has 2 saturated heterocycles. The van der Waals surface area contributed by atoms with E-state index in [1.54, 1.807) is 29.2 Å². The Morgan fingerprint density at radius 2 is 1.71 bits per heavy atom. The molecule has 2 fully saturated rings. The maximum absolute atomic E-state index is 12.9. The number of hydrogen-bond acceptors (Lipinski definition) is 6. The Bertz CT molecular complexity index is 1220. The van der Waals surface area contributed by atoms with Crippen molar-refractivity contribution in [2.45, 2.75) is 25.5 Å². The number of aromatic nitrogens is 3. The van der Waals surface area contributed by atoms with Gasteiger partial charge in [0.25, 0.3) is 5.91 Å². The van der Waals surface area contributed by atoms with Crippen LogP contribution in [0.2, 0.25) is 10.0 Å². The van der Waals surface area contributed by atoms with Gasteiger partial charge in [0.05, 0.1) is 15.6 Å². The number of benzene rings is 2. The van der Waals surface area contributed by atoms with Gasteiger partial charge < -0.3 is 14.5 Å². The van der Waals surface area contributed by atoms with Crippen molar-refractivity contribution in [2.75, 3.05) is 39.3 Å². The number of nitrogens with one attached hydrogen (secondary N) is 1. The van der Waals surface area contributed by atoms with E-state index in [0.29, 0.717) is 53.3 Å². The van der Waals surface area contributed by atoms with Gasteiger partial charge in [0, 0.05) is 50.9 Å². The highest BCUT2D eigenvalue weighted by atomic mass is 35.5. The van der Waals surface area contributed by atoms with Crippen LogP contribution < -0.4 is 0 Å². The first-order chi connectivity index (χ1) is 17.0. The quantitative estimate of drug-likeness (QED) is 0.566. The summed E-state index contributed by atoms with van der Waals surface area (Å²) in [6.45, 7) is 4.42. The minimum Gasteiger partial charge on any atom is -0.445 e. The van der Waals surface area contributed by atoms with E-state index < -0.39 is 0 Å². The summed E-state index contributed by atoms with van der Waals surface area (Å²) in [4.78, 5) is 31.5. The van der Waals surface area contributed by atoms with Crippen molar-refractivity contribution >= 4 is 46.2 Å². The summed E-state index contributed by atoms with van der Waals surface area (Å²) in [5, 5.41) is 11.5. The van der Waals surface area contributed by atoms with E-state index in [2.05, 4.69) is 20.3 Å². The number of likely N-dealkylation sites (tertiary alicyclic amines) is 1. The van der Waals surface area contributed by atoms with E-state index in [-0.39, 0.29) is 18.6 Å². The van der Waals surface area contributed by atoms with Gasteiger partial charge in [-0.05, 0) is 48.7 Å². The Labute approximate surface area is 212 Å². The van der Waals surface area contributed by atoms with Gasteiger partial charge >= 0.3 is 6.09 Å². The number of aromatic amines is 1. The molecule has 3 aromatic rings.